The summed E-state index contributed by atoms with van der Waals surface area (Å²) in [5, 5.41) is 12.7. The van der Waals surface area contributed by atoms with E-state index in [9.17, 15) is 5.11 Å². The van der Waals surface area contributed by atoms with Gasteiger partial charge in [0.05, 0.1) is 0 Å². The van der Waals surface area contributed by atoms with Crippen LogP contribution in [0.5, 0.6) is 0 Å². The third-order valence-electron chi connectivity index (χ3n) is 4.05. The van der Waals surface area contributed by atoms with Crippen molar-refractivity contribution in [3.05, 3.63) is 17.1 Å². The van der Waals surface area contributed by atoms with Crippen LogP contribution in [0.25, 0.3) is 0 Å². The first-order valence-corrected chi connectivity index (χ1v) is 7.73. The van der Waals surface area contributed by atoms with Gasteiger partial charge in [-0.25, -0.2) is 9.97 Å². The highest BCUT2D eigenvalue weighted by molar-refractivity contribution is 5.47. The maximum absolute atomic E-state index is 9.26. The van der Waals surface area contributed by atoms with Crippen LogP contribution in [0.15, 0.2) is 0 Å². The van der Waals surface area contributed by atoms with E-state index in [1.165, 1.54) is 24.1 Å². The molecular formula is C16H27N3O. The number of nitrogens with zero attached hydrogens (tertiary/aromatic N) is 2. The molecule has 0 aliphatic heterocycles. The average molecular weight is 277 g/mol. The first-order valence-electron chi connectivity index (χ1n) is 7.73. The molecule has 112 valence electrons. The molecule has 4 nitrogen and oxygen atoms in total. The molecule has 0 bridgehead atoms. The summed E-state index contributed by atoms with van der Waals surface area (Å²) in [6, 6.07) is 0. The van der Waals surface area contributed by atoms with E-state index in [4.69, 9.17) is 0 Å². The summed E-state index contributed by atoms with van der Waals surface area (Å²) in [5.74, 6) is 1.90. The number of hydrogen-bond donors (Lipinski definition) is 2. The van der Waals surface area contributed by atoms with Crippen molar-refractivity contribution in [2.75, 3.05) is 18.5 Å². The van der Waals surface area contributed by atoms with Gasteiger partial charge in [0, 0.05) is 24.4 Å². The predicted molar refractivity (Wildman–Crippen MR) is 82.0 cm³/mol. The van der Waals surface area contributed by atoms with Gasteiger partial charge in [0.2, 0.25) is 0 Å². The van der Waals surface area contributed by atoms with Crippen molar-refractivity contribution in [2.45, 2.75) is 59.3 Å². The zero-order valence-corrected chi connectivity index (χ0v) is 13.0. The van der Waals surface area contributed by atoms with E-state index in [1.807, 2.05) is 6.92 Å². The highest BCUT2D eigenvalue weighted by Crippen LogP contribution is 2.26. The molecule has 0 saturated heterocycles. The maximum atomic E-state index is 9.26. The van der Waals surface area contributed by atoms with E-state index < -0.39 is 0 Å². The largest absolute Gasteiger partial charge is 0.396 e. The van der Waals surface area contributed by atoms with Crippen LogP contribution in [0.2, 0.25) is 0 Å². The van der Waals surface area contributed by atoms with Gasteiger partial charge < -0.3 is 10.4 Å². The Morgan fingerprint density at radius 2 is 1.95 bits per heavy atom. The Morgan fingerprint density at radius 3 is 2.70 bits per heavy atom. The summed E-state index contributed by atoms with van der Waals surface area (Å²) in [7, 11) is 0. The zero-order valence-electron chi connectivity index (χ0n) is 13.0. The molecule has 0 radical (unpaired) electrons. The lowest BCUT2D eigenvalue weighted by atomic mass is 9.89. The Morgan fingerprint density at radius 1 is 1.20 bits per heavy atom. The van der Waals surface area contributed by atoms with Gasteiger partial charge in [-0.3, -0.25) is 0 Å². The number of aliphatic hydroxyl groups is 1. The summed E-state index contributed by atoms with van der Waals surface area (Å²) < 4.78 is 0. The summed E-state index contributed by atoms with van der Waals surface area (Å²) in [4.78, 5) is 9.14. The Hall–Kier alpha value is -1.16. The molecule has 4 heteroatoms. The minimum atomic E-state index is 0.0166. The number of hydrogen-bond acceptors (Lipinski definition) is 4. The van der Waals surface area contributed by atoms with Crippen molar-refractivity contribution in [3.63, 3.8) is 0 Å². The van der Waals surface area contributed by atoms with Gasteiger partial charge >= 0.3 is 0 Å². The molecule has 2 N–H and O–H groups in total. The second-order valence-corrected chi connectivity index (χ2v) is 6.60. The molecule has 20 heavy (non-hydrogen) atoms. The molecule has 1 aromatic rings. The van der Waals surface area contributed by atoms with Crippen LogP contribution >= 0.6 is 0 Å². The summed E-state index contributed by atoms with van der Waals surface area (Å²) in [5.41, 5.74) is 2.58. The van der Waals surface area contributed by atoms with Gasteiger partial charge in [0.25, 0.3) is 0 Å². The summed E-state index contributed by atoms with van der Waals surface area (Å²) in [6.45, 7) is 7.32. The predicted octanol–water partition coefficient (Wildman–Crippen LogP) is 2.87. The second-order valence-electron chi connectivity index (χ2n) is 6.60. The van der Waals surface area contributed by atoms with Crippen molar-refractivity contribution < 1.29 is 5.11 Å². The molecule has 0 unspecified atom stereocenters. The first-order chi connectivity index (χ1) is 9.52. The van der Waals surface area contributed by atoms with Crippen LogP contribution in [-0.4, -0.2) is 28.2 Å². The van der Waals surface area contributed by atoms with E-state index in [0.29, 0.717) is 0 Å². The Balaban J connectivity index is 1.94. The van der Waals surface area contributed by atoms with Crippen molar-refractivity contribution in [1.29, 1.82) is 0 Å². The fourth-order valence-electron chi connectivity index (χ4n) is 2.72. The molecule has 0 amide bonds. The number of rotatable bonds is 6. The Bertz CT molecular complexity index is 457. The van der Waals surface area contributed by atoms with Gasteiger partial charge in [-0.15, -0.1) is 0 Å². The normalized spacial score (nSPS) is 15.0. The fraction of sp³-hybridized carbons (Fsp3) is 0.750. The second kappa shape index (κ2) is 6.53. The lowest BCUT2D eigenvalue weighted by Gasteiger charge is -2.22. The fourth-order valence-corrected chi connectivity index (χ4v) is 2.72. The molecule has 0 fully saturated rings. The van der Waals surface area contributed by atoms with Gasteiger partial charge in [-0.1, -0.05) is 13.8 Å². The topological polar surface area (TPSA) is 58.0 Å². The van der Waals surface area contributed by atoms with Crippen LogP contribution < -0.4 is 5.32 Å². The monoisotopic (exact) mass is 277 g/mol. The number of fused-ring (bicyclic) bond motifs is 1. The van der Waals surface area contributed by atoms with E-state index in [2.05, 4.69) is 29.1 Å². The van der Waals surface area contributed by atoms with Crippen LogP contribution in [0, 0.1) is 12.3 Å². The highest BCUT2D eigenvalue weighted by Gasteiger charge is 2.18. The number of anilines is 1. The molecule has 0 atom stereocenters. The molecule has 1 aliphatic rings. The van der Waals surface area contributed by atoms with E-state index in [0.717, 1.165) is 43.9 Å². The molecular weight excluding hydrogens is 250 g/mol. The lowest BCUT2D eigenvalue weighted by Crippen LogP contribution is -2.19. The molecule has 0 saturated carbocycles. The number of nitrogens with one attached hydrogen (secondary N) is 1. The minimum absolute atomic E-state index is 0.0166. The average Bonchev–Trinajstić information content (AvgIpc) is 2.43. The van der Waals surface area contributed by atoms with Crippen molar-refractivity contribution >= 4 is 5.82 Å². The third-order valence-corrected chi connectivity index (χ3v) is 4.05. The minimum Gasteiger partial charge on any atom is -0.396 e. The number of aryl methyl sites for hydroxylation is 2. The Kier molecular flexibility index (Phi) is 4.97. The smallest absolute Gasteiger partial charge is 0.133 e. The van der Waals surface area contributed by atoms with Crippen molar-refractivity contribution in [2.24, 2.45) is 5.41 Å². The maximum Gasteiger partial charge on any atom is 0.133 e. The van der Waals surface area contributed by atoms with Crippen LogP contribution in [0.1, 0.15) is 56.6 Å². The van der Waals surface area contributed by atoms with Crippen molar-refractivity contribution in [1.82, 2.24) is 9.97 Å². The highest BCUT2D eigenvalue weighted by atomic mass is 16.3. The first kappa shape index (κ1) is 15.2. The summed E-state index contributed by atoms with van der Waals surface area (Å²) >= 11 is 0. The quantitative estimate of drug-likeness (QED) is 0.785. The molecule has 1 heterocycles. The van der Waals surface area contributed by atoms with Crippen LogP contribution in [0.4, 0.5) is 5.82 Å². The molecule has 0 spiro atoms. The van der Waals surface area contributed by atoms with Crippen LogP contribution in [-0.2, 0) is 12.8 Å². The SMILES string of the molecule is Cc1nc2c(c(NCCCC(C)(C)CO)n1)CCCC2. The Labute approximate surface area is 122 Å². The standard InChI is InChI=1S/C16H27N3O/c1-12-18-14-8-5-4-7-13(14)15(19-12)17-10-6-9-16(2,3)11-20/h20H,4-11H2,1-3H3,(H,17,18,19). The lowest BCUT2D eigenvalue weighted by molar-refractivity contribution is 0.149. The molecule has 1 aliphatic carbocycles. The zero-order chi connectivity index (χ0) is 14.6. The van der Waals surface area contributed by atoms with Gasteiger partial charge in [-0.05, 0) is 50.9 Å². The van der Waals surface area contributed by atoms with E-state index >= 15 is 0 Å². The van der Waals surface area contributed by atoms with Crippen molar-refractivity contribution in [3.8, 4) is 0 Å². The van der Waals surface area contributed by atoms with Crippen LogP contribution in [0.3, 0.4) is 0 Å². The van der Waals surface area contributed by atoms with Gasteiger partial charge in [0.15, 0.2) is 0 Å². The third kappa shape index (κ3) is 3.92. The van der Waals surface area contributed by atoms with Gasteiger partial charge in [-0.2, -0.15) is 0 Å². The van der Waals surface area contributed by atoms with Gasteiger partial charge in [0.1, 0.15) is 11.6 Å². The number of aliphatic hydroxyl groups excluding tert-OH is 1. The molecule has 0 aromatic carbocycles. The molecule has 1 aromatic heterocycles. The molecule has 2 rings (SSSR count). The summed E-state index contributed by atoms with van der Waals surface area (Å²) in [6.07, 6.45) is 6.73. The van der Waals surface area contributed by atoms with E-state index in [-0.39, 0.29) is 12.0 Å². The van der Waals surface area contributed by atoms with E-state index in [1.54, 1.807) is 0 Å². The number of aromatic nitrogens is 2.